The van der Waals surface area contributed by atoms with Gasteiger partial charge in [-0.2, -0.15) is 0 Å². The first-order valence-electron chi connectivity index (χ1n) is 8.16. The third kappa shape index (κ3) is 4.96. The van der Waals surface area contributed by atoms with Crippen LogP contribution in [0, 0.1) is 5.92 Å². The largest absolute Gasteiger partial charge is 0.381 e. The minimum atomic E-state index is 0. The number of carbonyl (C=O) groups is 1. The summed E-state index contributed by atoms with van der Waals surface area (Å²) in [5.41, 5.74) is 0. The van der Waals surface area contributed by atoms with E-state index in [0.29, 0.717) is 11.9 Å². The number of amides is 1. The highest BCUT2D eigenvalue weighted by atomic mass is 35.5. The summed E-state index contributed by atoms with van der Waals surface area (Å²) >= 11 is 0. The van der Waals surface area contributed by atoms with Crippen molar-refractivity contribution in [2.24, 2.45) is 5.92 Å². The molecule has 0 bridgehead atoms. The number of carbonyl (C=O) groups excluding carboxylic acids is 1. The quantitative estimate of drug-likeness (QED) is 0.808. The summed E-state index contributed by atoms with van der Waals surface area (Å²) in [7, 11) is 0. The molecule has 7 heteroatoms. The Morgan fingerprint density at radius 3 is 2.27 bits per heavy atom. The number of nitrogens with one attached hydrogen (secondary N) is 1. The number of hydrogen-bond acceptors (Lipinski definition) is 4. The van der Waals surface area contributed by atoms with Gasteiger partial charge in [-0.25, -0.2) is 0 Å². The fourth-order valence-corrected chi connectivity index (χ4v) is 3.68. The zero-order valence-corrected chi connectivity index (χ0v) is 14.8. The Bertz CT molecular complexity index is 327. The lowest BCUT2D eigenvalue weighted by Crippen LogP contribution is -2.55. The highest BCUT2D eigenvalue weighted by molar-refractivity contribution is 5.85. The number of hydrogen-bond donors (Lipinski definition) is 1. The van der Waals surface area contributed by atoms with Crippen LogP contribution in [0.2, 0.25) is 0 Å². The van der Waals surface area contributed by atoms with Gasteiger partial charge in [0, 0.05) is 52.0 Å². The maximum absolute atomic E-state index is 12.5. The molecule has 0 aromatic heterocycles. The standard InChI is InChI=1S/C15H27N3O2.2ClH/c19-15(13-2-1-5-16-12-13)18-8-6-17(7-9-18)14-3-10-20-11-4-14;;/h13-14,16H,1-12H2;2*1H. The number of ether oxygens (including phenoxy) is 1. The van der Waals surface area contributed by atoms with Crippen LogP contribution in [0.4, 0.5) is 0 Å². The second-order valence-corrected chi connectivity index (χ2v) is 6.25. The van der Waals surface area contributed by atoms with E-state index in [0.717, 1.165) is 78.2 Å². The van der Waals surface area contributed by atoms with Gasteiger partial charge in [-0.1, -0.05) is 0 Å². The lowest BCUT2D eigenvalue weighted by atomic mass is 9.97. The van der Waals surface area contributed by atoms with E-state index in [-0.39, 0.29) is 30.7 Å². The van der Waals surface area contributed by atoms with Crippen LogP contribution in [0.3, 0.4) is 0 Å². The van der Waals surface area contributed by atoms with E-state index in [2.05, 4.69) is 15.1 Å². The van der Waals surface area contributed by atoms with E-state index in [1.54, 1.807) is 0 Å². The molecule has 3 aliphatic heterocycles. The van der Waals surface area contributed by atoms with Crippen LogP contribution in [0.15, 0.2) is 0 Å². The fourth-order valence-electron chi connectivity index (χ4n) is 3.68. The van der Waals surface area contributed by atoms with Crippen LogP contribution in [-0.2, 0) is 9.53 Å². The molecule has 3 saturated heterocycles. The zero-order valence-electron chi connectivity index (χ0n) is 13.2. The Morgan fingerprint density at radius 2 is 1.68 bits per heavy atom. The molecule has 1 N–H and O–H groups in total. The summed E-state index contributed by atoms with van der Waals surface area (Å²) in [5.74, 6) is 0.599. The van der Waals surface area contributed by atoms with Crippen molar-refractivity contribution in [2.75, 3.05) is 52.5 Å². The van der Waals surface area contributed by atoms with Crippen LogP contribution < -0.4 is 5.32 Å². The molecule has 3 fully saturated rings. The maximum atomic E-state index is 12.5. The van der Waals surface area contributed by atoms with E-state index in [9.17, 15) is 4.79 Å². The molecule has 0 aromatic rings. The molecule has 22 heavy (non-hydrogen) atoms. The highest BCUT2D eigenvalue weighted by Gasteiger charge is 2.30. The smallest absolute Gasteiger partial charge is 0.227 e. The molecule has 3 aliphatic rings. The Labute approximate surface area is 145 Å². The molecule has 0 aromatic carbocycles. The van der Waals surface area contributed by atoms with E-state index in [1.807, 2.05) is 0 Å². The highest BCUT2D eigenvalue weighted by Crippen LogP contribution is 2.19. The zero-order chi connectivity index (χ0) is 13.8. The average molecular weight is 354 g/mol. The Hall–Kier alpha value is -0.0700. The monoisotopic (exact) mass is 353 g/mol. The molecular weight excluding hydrogens is 325 g/mol. The lowest BCUT2D eigenvalue weighted by molar-refractivity contribution is -0.138. The molecule has 0 aliphatic carbocycles. The van der Waals surface area contributed by atoms with Gasteiger partial charge >= 0.3 is 0 Å². The van der Waals surface area contributed by atoms with E-state index >= 15 is 0 Å². The normalized spacial score (nSPS) is 27.6. The summed E-state index contributed by atoms with van der Waals surface area (Å²) in [6.45, 7) is 7.64. The topological polar surface area (TPSA) is 44.8 Å². The number of piperidine rings is 1. The van der Waals surface area contributed by atoms with Gasteiger partial charge in [-0.05, 0) is 32.2 Å². The van der Waals surface area contributed by atoms with Crippen molar-refractivity contribution >= 4 is 30.7 Å². The first-order valence-corrected chi connectivity index (χ1v) is 8.16. The van der Waals surface area contributed by atoms with Gasteiger partial charge in [0.1, 0.15) is 0 Å². The molecule has 3 rings (SSSR count). The van der Waals surface area contributed by atoms with Crippen molar-refractivity contribution in [1.29, 1.82) is 0 Å². The van der Waals surface area contributed by atoms with Gasteiger partial charge in [0.15, 0.2) is 0 Å². The van der Waals surface area contributed by atoms with Crippen LogP contribution >= 0.6 is 24.8 Å². The molecule has 1 atom stereocenters. The Kier molecular flexibility index (Phi) is 9.02. The minimum Gasteiger partial charge on any atom is -0.381 e. The van der Waals surface area contributed by atoms with Gasteiger partial charge in [-0.15, -0.1) is 24.8 Å². The van der Waals surface area contributed by atoms with Crippen LogP contribution in [0.5, 0.6) is 0 Å². The molecule has 130 valence electrons. The summed E-state index contributed by atoms with van der Waals surface area (Å²) in [6, 6.07) is 0.678. The van der Waals surface area contributed by atoms with Crippen molar-refractivity contribution in [3.63, 3.8) is 0 Å². The second kappa shape index (κ2) is 9.93. The van der Waals surface area contributed by atoms with Crippen LogP contribution in [0.25, 0.3) is 0 Å². The van der Waals surface area contributed by atoms with Crippen molar-refractivity contribution in [1.82, 2.24) is 15.1 Å². The molecule has 5 nitrogen and oxygen atoms in total. The van der Waals surface area contributed by atoms with Gasteiger partial charge in [0.2, 0.25) is 5.91 Å². The molecule has 0 saturated carbocycles. The van der Waals surface area contributed by atoms with Crippen molar-refractivity contribution < 1.29 is 9.53 Å². The minimum absolute atomic E-state index is 0. The second-order valence-electron chi connectivity index (χ2n) is 6.25. The van der Waals surface area contributed by atoms with Gasteiger partial charge in [0.05, 0.1) is 5.92 Å². The Balaban J connectivity index is 0.00000121. The molecule has 0 radical (unpaired) electrons. The van der Waals surface area contributed by atoms with Crippen molar-refractivity contribution in [2.45, 2.75) is 31.7 Å². The molecule has 0 spiro atoms. The summed E-state index contributed by atoms with van der Waals surface area (Å²) in [5, 5.41) is 3.34. The summed E-state index contributed by atoms with van der Waals surface area (Å²) in [4.78, 5) is 17.1. The summed E-state index contributed by atoms with van der Waals surface area (Å²) < 4.78 is 5.43. The van der Waals surface area contributed by atoms with E-state index in [1.165, 1.54) is 0 Å². The van der Waals surface area contributed by atoms with Gasteiger partial charge in [0.25, 0.3) is 0 Å². The van der Waals surface area contributed by atoms with Crippen LogP contribution in [-0.4, -0.2) is 74.2 Å². The van der Waals surface area contributed by atoms with E-state index in [4.69, 9.17) is 4.74 Å². The van der Waals surface area contributed by atoms with Crippen molar-refractivity contribution in [3.8, 4) is 0 Å². The molecule has 1 unspecified atom stereocenters. The number of halogens is 2. The average Bonchev–Trinajstić information content (AvgIpc) is 2.56. The number of rotatable bonds is 2. The van der Waals surface area contributed by atoms with Crippen molar-refractivity contribution in [3.05, 3.63) is 0 Å². The maximum Gasteiger partial charge on any atom is 0.227 e. The third-order valence-corrected chi connectivity index (χ3v) is 4.98. The number of piperazine rings is 1. The van der Waals surface area contributed by atoms with Gasteiger partial charge < -0.3 is 15.0 Å². The lowest BCUT2D eigenvalue weighted by Gasteiger charge is -2.41. The number of nitrogens with zero attached hydrogens (tertiary/aromatic N) is 2. The van der Waals surface area contributed by atoms with Crippen LogP contribution in [0.1, 0.15) is 25.7 Å². The SMILES string of the molecule is Cl.Cl.O=C(C1CCCNC1)N1CCN(C2CCOCC2)CC1. The first kappa shape index (κ1) is 20.0. The molecular formula is C15H29Cl2N3O2. The predicted molar refractivity (Wildman–Crippen MR) is 92.1 cm³/mol. The predicted octanol–water partition coefficient (Wildman–Crippen LogP) is 1.15. The molecule has 3 heterocycles. The van der Waals surface area contributed by atoms with Gasteiger partial charge in [-0.3, -0.25) is 9.69 Å². The third-order valence-electron chi connectivity index (χ3n) is 4.98. The summed E-state index contributed by atoms with van der Waals surface area (Å²) in [6.07, 6.45) is 4.51. The fraction of sp³-hybridized carbons (Fsp3) is 0.933. The Morgan fingerprint density at radius 1 is 1.00 bits per heavy atom. The molecule has 1 amide bonds. The van der Waals surface area contributed by atoms with E-state index < -0.39 is 0 Å². The first-order chi connectivity index (χ1) is 9.84.